The minimum Gasteiger partial charge on any atom is -0.371 e. The predicted molar refractivity (Wildman–Crippen MR) is 79.5 cm³/mol. The largest absolute Gasteiger partial charge is 0.371 e. The van der Waals surface area contributed by atoms with Crippen molar-refractivity contribution in [1.29, 1.82) is 0 Å². The summed E-state index contributed by atoms with van der Waals surface area (Å²) in [6, 6.07) is 16.6. The Morgan fingerprint density at radius 3 is 2.75 bits per heavy atom. The zero-order valence-corrected chi connectivity index (χ0v) is 11.6. The zero-order chi connectivity index (χ0) is 13.6. The number of pyridine rings is 1. The van der Waals surface area contributed by atoms with Gasteiger partial charge in [-0.3, -0.25) is 9.88 Å². The fourth-order valence-corrected chi connectivity index (χ4v) is 2.59. The van der Waals surface area contributed by atoms with Crippen molar-refractivity contribution in [2.45, 2.75) is 12.5 Å². The molecule has 0 radical (unpaired) electrons. The maximum atomic E-state index is 5.89. The van der Waals surface area contributed by atoms with E-state index in [1.807, 2.05) is 18.3 Å². The lowest BCUT2D eigenvalue weighted by molar-refractivity contribution is -0.0296. The molecule has 3 nitrogen and oxygen atoms in total. The van der Waals surface area contributed by atoms with Crippen LogP contribution < -0.4 is 0 Å². The SMILES string of the molecule is c1ccc(C2CN(CCc3ccccn3)CCO2)cc1. The van der Waals surface area contributed by atoms with Crippen molar-refractivity contribution in [3.8, 4) is 0 Å². The molecule has 0 amide bonds. The van der Waals surface area contributed by atoms with Crippen molar-refractivity contribution >= 4 is 0 Å². The van der Waals surface area contributed by atoms with Gasteiger partial charge in [-0.05, 0) is 17.7 Å². The molecular weight excluding hydrogens is 248 g/mol. The van der Waals surface area contributed by atoms with Crippen LogP contribution in [0, 0.1) is 0 Å². The molecule has 2 heterocycles. The summed E-state index contributed by atoms with van der Waals surface area (Å²) in [4.78, 5) is 6.85. The molecule has 0 aliphatic carbocycles. The molecule has 20 heavy (non-hydrogen) atoms. The van der Waals surface area contributed by atoms with Crippen molar-refractivity contribution in [3.05, 3.63) is 66.0 Å². The van der Waals surface area contributed by atoms with E-state index in [1.54, 1.807) is 0 Å². The molecular formula is C17H20N2O. The first-order valence-electron chi connectivity index (χ1n) is 7.20. The second kappa shape index (κ2) is 6.64. The molecule has 1 aromatic heterocycles. The van der Waals surface area contributed by atoms with Crippen LogP contribution in [0.1, 0.15) is 17.4 Å². The Balaban J connectivity index is 1.56. The molecule has 1 aromatic carbocycles. The molecule has 1 aliphatic heterocycles. The third kappa shape index (κ3) is 3.44. The number of hydrogen-bond acceptors (Lipinski definition) is 3. The van der Waals surface area contributed by atoms with Gasteiger partial charge in [0.2, 0.25) is 0 Å². The molecule has 0 spiro atoms. The zero-order valence-electron chi connectivity index (χ0n) is 11.6. The van der Waals surface area contributed by atoms with Crippen LogP contribution in [0.25, 0.3) is 0 Å². The van der Waals surface area contributed by atoms with Crippen molar-refractivity contribution in [2.24, 2.45) is 0 Å². The average molecular weight is 268 g/mol. The van der Waals surface area contributed by atoms with Crippen LogP contribution in [0.3, 0.4) is 0 Å². The Morgan fingerprint density at radius 1 is 1.10 bits per heavy atom. The molecule has 0 bridgehead atoms. The summed E-state index contributed by atoms with van der Waals surface area (Å²) in [6.45, 7) is 3.83. The highest BCUT2D eigenvalue weighted by molar-refractivity contribution is 5.18. The molecule has 3 rings (SSSR count). The molecule has 1 aliphatic rings. The molecule has 1 fully saturated rings. The Morgan fingerprint density at radius 2 is 1.95 bits per heavy atom. The summed E-state index contributed by atoms with van der Waals surface area (Å²) in [5.74, 6) is 0. The van der Waals surface area contributed by atoms with Gasteiger partial charge >= 0.3 is 0 Å². The van der Waals surface area contributed by atoms with Crippen molar-refractivity contribution < 1.29 is 4.74 Å². The van der Waals surface area contributed by atoms with Crippen molar-refractivity contribution in [1.82, 2.24) is 9.88 Å². The predicted octanol–water partition coefficient (Wildman–Crippen LogP) is 2.70. The summed E-state index contributed by atoms with van der Waals surface area (Å²) in [7, 11) is 0. The van der Waals surface area contributed by atoms with Crippen LogP contribution in [0.2, 0.25) is 0 Å². The standard InChI is InChI=1S/C17H20N2O/c1-2-6-15(7-3-1)17-14-19(12-13-20-17)11-9-16-8-4-5-10-18-16/h1-8,10,17H,9,11-14H2. The topological polar surface area (TPSA) is 25.4 Å². The molecule has 3 heteroatoms. The number of rotatable bonds is 4. The molecule has 1 saturated heterocycles. The third-order valence-electron chi connectivity index (χ3n) is 3.73. The first-order chi connectivity index (χ1) is 9.92. The van der Waals surface area contributed by atoms with Gasteiger partial charge in [-0.1, -0.05) is 36.4 Å². The van der Waals surface area contributed by atoms with Gasteiger partial charge < -0.3 is 4.74 Å². The first-order valence-corrected chi connectivity index (χ1v) is 7.20. The minimum absolute atomic E-state index is 0.202. The lowest BCUT2D eigenvalue weighted by Crippen LogP contribution is -2.39. The van der Waals surface area contributed by atoms with Gasteiger partial charge in [-0.25, -0.2) is 0 Å². The van der Waals surface area contributed by atoms with Gasteiger partial charge in [0.15, 0.2) is 0 Å². The summed E-state index contributed by atoms with van der Waals surface area (Å²) in [5.41, 5.74) is 2.44. The van der Waals surface area contributed by atoms with Crippen LogP contribution in [0.4, 0.5) is 0 Å². The van der Waals surface area contributed by atoms with E-state index in [9.17, 15) is 0 Å². The number of benzene rings is 1. The summed E-state index contributed by atoms with van der Waals surface area (Å²) < 4.78 is 5.89. The van der Waals surface area contributed by atoms with E-state index in [4.69, 9.17) is 4.74 Å². The summed E-state index contributed by atoms with van der Waals surface area (Å²) in [5, 5.41) is 0. The third-order valence-corrected chi connectivity index (χ3v) is 3.73. The molecule has 0 saturated carbocycles. The second-order valence-corrected chi connectivity index (χ2v) is 5.14. The van der Waals surface area contributed by atoms with Crippen LogP contribution in [-0.2, 0) is 11.2 Å². The Kier molecular flexibility index (Phi) is 4.41. The van der Waals surface area contributed by atoms with Gasteiger partial charge in [-0.15, -0.1) is 0 Å². The smallest absolute Gasteiger partial charge is 0.0952 e. The molecule has 104 valence electrons. The van der Waals surface area contributed by atoms with Crippen LogP contribution in [0.15, 0.2) is 54.7 Å². The Hall–Kier alpha value is -1.71. The number of ether oxygens (including phenoxy) is 1. The quantitative estimate of drug-likeness (QED) is 0.852. The van der Waals surface area contributed by atoms with E-state index in [1.165, 1.54) is 5.56 Å². The van der Waals surface area contributed by atoms with E-state index in [2.05, 4.69) is 46.3 Å². The van der Waals surface area contributed by atoms with Crippen LogP contribution >= 0.6 is 0 Å². The normalized spacial score (nSPS) is 19.9. The highest BCUT2D eigenvalue weighted by Crippen LogP contribution is 2.21. The van der Waals surface area contributed by atoms with Crippen molar-refractivity contribution in [3.63, 3.8) is 0 Å². The van der Waals surface area contributed by atoms with E-state index in [0.717, 1.165) is 38.4 Å². The Labute approximate surface area is 120 Å². The first kappa shape index (κ1) is 13.3. The van der Waals surface area contributed by atoms with Gasteiger partial charge in [0.05, 0.1) is 12.7 Å². The lowest BCUT2D eigenvalue weighted by Gasteiger charge is -2.33. The summed E-state index contributed by atoms with van der Waals surface area (Å²) in [6.07, 6.45) is 3.07. The number of morpholine rings is 1. The van der Waals surface area contributed by atoms with Gasteiger partial charge in [0.1, 0.15) is 0 Å². The van der Waals surface area contributed by atoms with E-state index >= 15 is 0 Å². The molecule has 0 N–H and O–H groups in total. The maximum Gasteiger partial charge on any atom is 0.0952 e. The van der Waals surface area contributed by atoms with Gasteiger partial charge in [-0.2, -0.15) is 0 Å². The van der Waals surface area contributed by atoms with Gasteiger partial charge in [0, 0.05) is 37.9 Å². The highest BCUT2D eigenvalue weighted by atomic mass is 16.5. The lowest BCUT2D eigenvalue weighted by atomic mass is 10.1. The number of nitrogens with zero attached hydrogens (tertiary/aromatic N) is 2. The van der Waals surface area contributed by atoms with E-state index in [-0.39, 0.29) is 6.10 Å². The molecule has 1 unspecified atom stereocenters. The van der Waals surface area contributed by atoms with E-state index in [0.29, 0.717) is 0 Å². The van der Waals surface area contributed by atoms with E-state index < -0.39 is 0 Å². The fourth-order valence-electron chi connectivity index (χ4n) is 2.59. The van der Waals surface area contributed by atoms with Crippen molar-refractivity contribution in [2.75, 3.05) is 26.2 Å². The number of aromatic nitrogens is 1. The maximum absolute atomic E-state index is 5.89. The minimum atomic E-state index is 0.202. The molecule has 1 atom stereocenters. The monoisotopic (exact) mass is 268 g/mol. The summed E-state index contributed by atoms with van der Waals surface area (Å²) >= 11 is 0. The average Bonchev–Trinajstić information content (AvgIpc) is 2.55. The van der Waals surface area contributed by atoms with Gasteiger partial charge in [0.25, 0.3) is 0 Å². The molecule has 2 aromatic rings. The highest BCUT2D eigenvalue weighted by Gasteiger charge is 2.21. The van der Waals surface area contributed by atoms with Crippen LogP contribution in [-0.4, -0.2) is 36.1 Å². The fraction of sp³-hybridized carbons (Fsp3) is 0.353. The van der Waals surface area contributed by atoms with Crippen LogP contribution in [0.5, 0.6) is 0 Å². The number of hydrogen-bond donors (Lipinski definition) is 0. The second-order valence-electron chi connectivity index (χ2n) is 5.14. The Bertz CT molecular complexity index is 515.